The molecule has 0 aliphatic carbocycles. The fourth-order valence-electron chi connectivity index (χ4n) is 1.78. The fourth-order valence-corrected chi connectivity index (χ4v) is 1.78. The van der Waals surface area contributed by atoms with Gasteiger partial charge in [0.2, 0.25) is 0 Å². The van der Waals surface area contributed by atoms with Crippen LogP contribution >= 0.6 is 0 Å². The van der Waals surface area contributed by atoms with Crippen LogP contribution in [0, 0.1) is 6.92 Å². The Morgan fingerprint density at radius 2 is 1.70 bits per heavy atom. The highest BCUT2D eigenvalue weighted by atomic mass is 16.5. The van der Waals surface area contributed by atoms with Crippen LogP contribution in [0.15, 0.2) is 48.5 Å². The highest BCUT2D eigenvalue weighted by molar-refractivity contribution is 5.92. The van der Waals surface area contributed by atoms with Gasteiger partial charge in [-0.1, -0.05) is 30.3 Å². The minimum Gasteiger partial charge on any atom is -0.493 e. The number of rotatable bonds is 5. The molecule has 20 heavy (non-hydrogen) atoms. The minimum absolute atomic E-state index is 0.0608. The van der Waals surface area contributed by atoms with Crippen molar-refractivity contribution in [3.05, 3.63) is 54.1 Å². The summed E-state index contributed by atoms with van der Waals surface area (Å²) in [6.45, 7) is 1.88. The number of carbonyl (C=O) groups excluding carboxylic acids is 1. The van der Waals surface area contributed by atoms with Crippen LogP contribution in [-0.2, 0) is 4.79 Å². The van der Waals surface area contributed by atoms with Crippen molar-refractivity contribution >= 4 is 11.6 Å². The van der Waals surface area contributed by atoms with Crippen LogP contribution in [0.1, 0.15) is 5.56 Å². The van der Waals surface area contributed by atoms with Gasteiger partial charge in [-0.25, -0.2) is 0 Å². The Labute approximate surface area is 118 Å². The normalized spacial score (nSPS) is 9.90. The van der Waals surface area contributed by atoms with Crippen LogP contribution < -0.4 is 14.8 Å². The molecule has 0 spiro atoms. The van der Waals surface area contributed by atoms with Crippen molar-refractivity contribution in [2.45, 2.75) is 6.92 Å². The summed E-state index contributed by atoms with van der Waals surface area (Å²) in [5.41, 5.74) is 1.80. The molecule has 4 nitrogen and oxygen atoms in total. The summed E-state index contributed by atoms with van der Waals surface area (Å²) in [6, 6.07) is 14.8. The maximum atomic E-state index is 11.9. The zero-order chi connectivity index (χ0) is 14.4. The number of para-hydroxylation sites is 3. The van der Waals surface area contributed by atoms with E-state index < -0.39 is 0 Å². The molecule has 0 radical (unpaired) electrons. The molecule has 0 aliphatic rings. The fraction of sp³-hybridized carbons (Fsp3) is 0.188. The molecule has 0 bridgehead atoms. The molecule has 104 valence electrons. The zero-order valence-corrected chi connectivity index (χ0v) is 11.6. The van der Waals surface area contributed by atoms with Gasteiger partial charge in [0, 0.05) is 5.69 Å². The molecule has 1 amide bonds. The van der Waals surface area contributed by atoms with E-state index in [-0.39, 0.29) is 12.5 Å². The monoisotopic (exact) mass is 271 g/mol. The number of ether oxygens (including phenoxy) is 2. The summed E-state index contributed by atoms with van der Waals surface area (Å²) in [4.78, 5) is 11.9. The third-order valence-electron chi connectivity index (χ3n) is 2.85. The number of carbonyl (C=O) groups is 1. The van der Waals surface area contributed by atoms with Crippen molar-refractivity contribution in [1.82, 2.24) is 0 Å². The lowest BCUT2D eigenvalue weighted by Gasteiger charge is -2.11. The first-order chi connectivity index (χ1) is 9.70. The molecular formula is C16H17NO3. The summed E-state index contributed by atoms with van der Waals surface area (Å²) in [6.07, 6.45) is 0. The molecule has 0 atom stereocenters. The van der Waals surface area contributed by atoms with Crippen molar-refractivity contribution in [2.75, 3.05) is 19.0 Å². The predicted octanol–water partition coefficient (Wildman–Crippen LogP) is 3.02. The average molecular weight is 271 g/mol. The molecule has 4 heteroatoms. The van der Waals surface area contributed by atoms with Gasteiger partial charge in [0.1, 0.15) is 0 Å². The number of methoxy groups -OCH3 is 1. The Bertz CT molecular complexity index is 596. The summed E-state index contributed by atoms with van der Waals surface area (Å²) in [5, 5.41) is 2.81. The van der Waals surface area contributed by atoms with Gasteiger partial charge >= 0.3 is 0 Å². The predicted molar refractivity (Wildman–Crippen MR) is 78.3 cm³/mol. The summed E-state index contributed by atoms with van der Waals surface area (Å²) in [5.74, 6) is 0.955. The van der Waals surface area contributed by atoms with E-state index in [4.69, 9.17) is 9.47 Å². The lowest BCUT2D eigenvalue weighted by molar-refractivity contribution is -0.118. The number of benzene rings is 2. The number of anilines is 1. The first-order valence-electron chi connectivity index (χ1n) is 6.32. The Hall–Kier alpha value is -2.49. The van der Waals surface area contributed by atoms with E-state index in [0.29, 0.717) is 11.5 Å². The molecule has 0 heterocycles. The highest BCUT2D eigenvalue weighted by Gasteiger charge is 2.07. The lowest BCUT2D eigenvalue weighted by Crippen LogP contribution is -2.20. The number of hydrogen-bond donors (Lipinski definition) is 1. The second-order valence-electron chi connectivity index (χ2n) is 4.30. The van der Waals surface area contributed by atoms with Crippen LogP contribution in [0.4, 0.5) is 5.69 Å². The Kier molecular flexibility index (Phi) is 4.60. The van der Waals surface area contributed by atoms with Gasteiger partial charge in [-0.05, 0) is 30.7 Å². The molecule has 1 N–H and O–H groups in total. The maximum Gasteiger partial charge on any atom is 0.262 e. The van der Waals surface area contributed by atoms with Gasteiger partial charge in [-0.2, -0.15) is 0 Å². The van der Waals surface area contributed by atoms with Crippen molar-refractivity contribution < 1.29 is 14.3 Å². The molecule has 0 saturated carbocycles. The van der Waals surface area contributed by atoms with Crippen LogP contribution in [0.5, 0.6) is 11.5 Å². The summed E-state index contributed by atoms with van der Waals surface area (Å²) < 4.78 is 10.6. The Morgan fingerprint density at radius 3 is 2.40 bits per heavy atom. The molecule has 2 aromatic carbocycles. The smallest absolute Gasteiger partial charge is 0.262 e. The topological polar surface area (TPSA) is 47.6 Å². The highest BCUT2D eigenvalue weighted by Crippen LogP contribution is 2.25. The second kappa shape index (κ2) is 6.61. The Morgan fingerprint density at radius 1 is 1.05 bits per heavy atom. The van der Waals surface area contributed by atoms with E-state index in [9.17, 15) is 4.79 Å². The second-order valence-corrected chi connectivity index (χ2v) is 4.30. The molecule has 0 aliphatic heterocycles. The van der Waals surface area contributed by atoms with Crippen LogP contribution in [0.3, 0.4) is 0 Å². The zero-order valence-electron chi connectivity index (χ0n) is 11.6. The first-order valence-corrected chi connectivity index (χ1v) is 6.32. The number of nitrogens with one attached hydrogen (secondary N) is 1. The third-order valence-corrected chi connectivity index (χ3v) is 2.85. The molecule has 2 aromatic rings. The molecule has 0 unspecified atom stereocenters. The van der Waals surface area contributed by atoms with Gasteiger partial charge in [-0.15, -0.1) is 0 Å². The minimum atomic E-state index is -0.204. The Balaban J connectivity index is 1.94. The van der Waals surface area contributed by atoms with E-state index in [0.717, 1.165) is 11.3 Å². The van der Waals surface area contributed by atoms with Crippen molar-refractivity contribution in [3.8, 4) is 11.5 Å². The van der Waals surface area contributed by atoms with Crippen LogP contribution in [-0.4, -0.2) is 19.6 Å². The lowest BCUT2D eigenvalue weighted by atomic mass is 10.2. The molecule has 0 fully saturated rings. The van der Waals surface area contributed by atoms with Crippen molar-refractivity contribution in [2.24, 2.45) is 0 Å². The average Bonchev–Trinajstić information content (AvgIpc) is 2.48. The first kappa shape index (κ1) is 13.9. The number of amides is 1. The standard InChI is InChI=1S/C16H17NO3/c1-12-7-3-4-8-13(12)17-16(18)11-20-15-10-6-5-9-14(15)19-2/h3-10H,11H2,1-2H3,(H,17,18). The van der Waals surface area contributed by atoms with E-state index in [1.54, 1.807) is 19.2 Å². The van der Waals surface area contributed by atoms with Crippen LogP contribution in [0.25, 0.3) is 0 Å². The molecule has 0 saturated heterocycles. The molecule has 0 aromatic heterocycles. The quantitative estimate of drug-likeness (QED) is 0.909. The molecular weight excluding hydrogens is 254 g/mol. The van der Waals surface area contributed by atoms with Crippen molar-refractivity contribution in [3.63, 3.8) is 0 Å². The number of hydrogen-bond acceptors (Lipinski definition) is 3. The maximum absolute atomic E-state index is 11.9. The van der Waals surface area contributed by atoms with E-state index in [1.807, 2.05) is 43.3 Å². The van der Waals surface area contributed by atoms with Gasteiger partial charge in [0.15, 0.2) is 18.1 Å². The summed E-state index contributed by atoms with van der Waals surface area (Å²) in [7, 11) is 1.57. The van der Waals surface area contributed by atoms with E-state index in [2.05, 4.69) is 5.32 Å². The largest absolute Gasteiger partial charge is 0.493 e. The van der Waals surface area contributed by atoms with Gasteiger partial charge in [-0.3, -0.25) is 4.79 Å². The number of aryl methyl sites for hydroxylation is 1. The van der Waals surface area contributed by atoms with Gasteiger partial charge < -0.3 is 14.8 Å². The molecule has 2 rings (SSSR count). The van der Waals surface area contributed by atoms with Crippen LogP contribution in [0.2, 0.25) is 0 Å². The SMILES string of the molecule is COc1ccccc1OCC(=O)Nc1ccccc1C. The van der Waals surface area contributed by atoms with Gasteiger partial charge in [0.25, 0.3) is 5.91 Å². The van der Waals surface area contributed by atoms with Gasteiger partial charge in [0.05, 0.1) is 7.11 Å². The summed E-state index contributed by atoms with van der Waals surface area (Å²) >= 11 is 0. The van der Waals surface area contributed by atoms with E-state index in [1.165, 1.54) is 0 Å². The third kappa shape index (κ3) is 3.51. The van der Waals surface area contributed by atoms with E-state index >= 15 is 0 Å². The van der Waals surface area contributed by atoms with Crippen molar-refractivity contribution in [1.29, 1.82) is 0 Å².